The maximum Gasteiger partial charge on any atom is 0.246 e. The minimum Gasteiger partial charge on any atom is -0.368 e. The van der Waals surface area contributed by atoms with Gasteiger partial charge in [-0.15, -0.1) is 0 Å². The number of nitrogens with zero attached hydrogens (tertiary/aromatic N) is 1. The third kappa shape index (κ3) is 3.95. The monoisotopic (exact) mass is 254 g/mol. The molecule has 18 heavy (non-hydrogen) atoms. The van der Waals surface area contributed by atoms with Crippen molar-refractivity contribution in [1.29, 1.82) is 0 Å². The van der Waals surface area contributed by atoms with Crippen LogP contribution in [0.3, 0.4) is 0 Å². The summed E-state index contributed by atoms with van der Waals surface area (Å²) < 4.78 is 5.77. The molecule has 2 aliphatic rings. The second-order valence-corrected chi connectivity index (χ2v) is 5.93. The van der Waals surface area contributed by atoms with Crippen molar-refractivity contribution in [3.63, 3.8) is 0 Å². The fraction of sp³-hybridized carbons (Fsp3) is 0.929. The third-order valence-electron chi connectivity index (χ3n) is 4.22. The molecule has 4 heteroatoms. The minimum atomic E-state index is 0.0491. The van der Waals surface area contributed by atoms with Crippen LogP contribution in [0.4, 0.5) is 0 Å². The van der Waals surface area contributed by atoms with Crippen molar-refractivity contribution in [3.8, 4) is 0 Å². The minimum absolute atomic E-state index is 0.0491. The van der Waals surface area contributed by atoms with Gasteiger partial charge >= 0.3 is 0 Å². The molecular formula is C14H26N2O2. The van der Waals surface area contributed by atoms with E-state index in [9.17, 15) is 4.79 Å². The van der Waals surface area contributed by atoms with Crippen molar-refractivity contribution in [3.05, 3.63) is 0 Å². The van der Waals surface area contributed by atoms with Crippen molar-refractivity contribution >= 4 is 5.91 Å². The van der Waals surface area contributed by atoms with E-state index in [1.807, 2.05) is 0 Å². The highest BCUT2D eigenvalue weighted by molar-refractivity contribution is 5.77. The summed E-state index contributed by atoms with van der Waals surface area (Å²) in [6.45, 7) is 4.50. The largest absolute Gasteiger partial charge is 0.368 e. The first-order valence-corrected chi connectivity index (χ1v) is 7.24. The van der Waals surface area contributed by atoms with Crippen LogP contribution < -0.4 is 5.32 Å². The molecule has 1 saturated heterocycles. The van der Waals surface area contributed by atoms with E-state index >= 15 is 0 Å². The topological polar surface area (TPSA) is 41.6 Å². The van der Waals surface area contributed by atoms with Crippen LogP contribution in [0.1, 0.15) is 39.0 Å². The molecule has 0 radical (unpaired) electrons. The Bertz CT molecular complexity index is 283. The zero-order valence-corrected chi connectivity index (χ0v) is 11.7. The second kappa shape index (κ2) is 6.53. The number of nitrogens with one attached hydrogen (secondary N) is 1. The highest BCUT2D eigenvalue weighted by Crippen LogP contribution is 2.26. The zero-order chi connectivity index (χ0) is 13.0. The Balaban J connectivity index is 1.65. The van der Waals surface area contributed by atoms with E-state index in [2.05, 4.69) is 24.2 Å². The third-order valence-corrected chi connectivity index (χ3v) is 4.22. The summed E-state index contributed by atoms with van der Waals surface area (Å²) in [5.74, 6) is 0.650. The molecule has 0 aromatic carbocycles. The number of amides is 1. The molecule has 0 aromatic rings. The number of carbonyl (C=O) groups excluding carboxylic acids is 1. The van der Waals surface area contributed by atoms with Gasteiger partial charge in [0.1, 0.15) is 6.61 Å². The van der Waals surface area contributed by atoms with Gasteiger partial charge in [-0.05, 0) is 38.8 Å². The average molecular weight is 254 g/mol. The summed E-state index contributed by atoms with van der Waals surface area (Å²) in [6, 6.07) is 0.315. The van der Waals surface area contributed by atoms with Gasteiger partial charge in [-0.2, -0.15) is 0 Å². The maximum absolute atomic E-state index is 11.8. The molecule has 1 N–H and O–H groups in total. The van der Waals surface area contributed by atoms with Crippen LogP contribution in [-0.4, -0.2) is 49.7 Å². The molecule has 1 amide bonds. The van der Waals surface area contributed by atoms with E-state index in [-0.39, 0.29) is 18.6 Å². The van der Waals surface area contributed by atoms with Crippen LogP contribution >= 0.6 is 0 Å². The van der Waals surface area contributed by atoms with Gasteiger partial charge in [-0.1, -0.05) is 19.8 Å². The van der Waals surface area contributed by atoms with Crippen molar-refractivity contribution in [1.82, 2.24) is 10.2 Å². The lowest BCUT2D eigenvalue weighted by molar-refractivity contribution is -0.130. The van der Waals surface area contributed by atoms with Crippen LogP contribution in [-0.2, 0) is 9.53 Å². The van der Waals surface area contributed by atoms with Gasteiger partial charge in [-0.25, -0.2) is 0 Å². The molecule has 1 aliphatic heterocycles. The summed E-state index contributed by atoms with van der Waals surface area (Å²) in [4.78, 5) is 14.0. The Hall–Kier alpha value is -0.610. The Morgan fingerprint density at radius 2 is 2.11 bits per heavy atom. The number of hydrogen-bond acceptors (Lipinski definition) is 3. The van der Waals surface area contributed by atoms with Gasteiger partial charge in [0.25, 0.3) is 0 Å². The van der Waals surface area contributed by atoms with Gasteiger partial charge in [-0.3, -0.25) is 4.79 Å². The molecular weight excluding hydrogens is 228 g/mol. The lowest BCUT2D eigenvalue weighted by Gasteiger charge is -2.28. The summed E-state index contributed by atoms with van der Waals surface area (Å²) in [7, 11) is 2.09. The molecule has 0 spiro atoms. The molecule has 2 rings (SSSR count). The number of carbonyl (C=O) groups is 1. The van der Waals surface area contributed by atoms with Gasteiger partial charge in [0.2, 0.25) is 5.91 Å². The van der Waals surface area contributed by atoms with E-state index in [4.69, 9.17) is 4.74 Å². The number of likely N-dealkylation sites (N-methyl/N-ethyl adjacent to an activating group) is 1. The molecule has 1 heterocycles. The van der Waals surface area contributed by atoms with Crippen LogP contribution in [0, 0.1) is 5.92 Å². The van der Waals surface area contributed by atoms with Gasteiger partial charge < -0.3 is 15.0 Å². The van der Waals surface area contributed by atoms with Crippen LogP contribution in [0.15, 0.2) is 0 Å². The first-order valence-electron chi connectivity index (χ1n) is 7.24. The predicted molar refractivity (Wildman–Crippen MR) is 71.4 cm³/mol. The highest BCUT2D eigenvalue weighted by atomic mass is 16.5. The van der Waals surface area contributed by atoms with Crippen LogP contribution in [0.25, 0.3) is 0 Å². The zero-order valence-electron chi connectivity index (χ0n) is 11.7. The van der Waals surface area contributed by atoms with Gasteiger partial charge in [0, 0.05) is 12.6 Å². The van der Waals surface area contributed by atoms with E-state index in [0.717, 1.165) is 25.9 Å². The average Bonchev–Trinajstić information content (AvgIpc) is 2.74. The fourth-order valence-corrected chi connectivity index (χ4v) is 3.03. The van der Waals surface area contributed by atoms with Crippen LogP contribution in [0.5, 0.6) is 0 Å². The first kappa shape index (κ1) is 13.8. The summed E-state index contributed by atoms with van der Waals surface area (Å²) in [5, 5.41) is 3.06. The maximum atomic E-state index is 11.8. The number of hydrogen-bond donors (Lipinski definition) is 1. The lowest BCUT2D eigenvalue weighted by Crippen LogP contribution is -2.40. The molecule has 3 atom stereocenters. The Kier molecular flexibility index (Phi) is 5.01. The van der Waals surface area contributed by atoms with E-state index in [0.29, 0.717) is 12.0 Å². The second-order valence-electron chi connectivity index (χ2n) is 5.93. The van der Waals surface area contributed by atoms with Gasteiger partial charge in [0.15, 0.2) is 0 Å². The first-order chi connectivity index (χ1) is 8.65. The number of rotatable bonds is 4. The SMILES string of the molecule is CC1CCCCC1OCC(=O)NC1CCN(C)C1. The normalized spacial score (nSPS) is 33.6. The molecule has 0 bridgehead atoms. The van der Waals surface area contributed by atoms with Crippen molar-refractivity contribution in [2.24, 2.45) is 5.92 Å². The number of likely N-dealkylation sites (tertiary alicyclic amines) is 1. The molecule has 2 fully saturated rings. The van der Waals surface area contributed by atoms with E-state index in [1.54, 1.807) is 0 Å². The van der Waals surface area contributed by atoms with E-state index in [1.165, 1.54) is 19.3 Å². The Morgan fingerprint density at radius 1 is 1.33 bits per heavy atom. The van der Waals surface area contributed by atoms with Gasteiger partial charge in [0.05, 0.1) is 6.10 Å². The number of ether oxygens (including phenoxy) is 1. The van der Waals surface area contributed by atoms with Crippen molar-refractivity contribution in [2.45, 2.75) is 51.2 Å². The molecule has 4 nitrogen and oxygen atoms in total. The molecule has 0 aromatic heterocycles. The smallest absolute Gasteiger partial charge is 0.246 e. The highest BCUT2D eigenvalue weighted by Gasteiger charge is 2.24. The summed E-state index contributed by atoms with van der Waals surface area (Å²) in [6.07, 6.45) is 6.24. The summed E-state index contributed by atoms with van der Waals surface area (Å²) >= 11 is 0. The molecule has 1 aliphatic carbocycles. The fourth-order valence-electron chi connectivity index (χ4n) is 3.03. The predicted octanol–water partition coefficient (Wildman–Crippen LogP) is 1.40. The Morgan fingerprint density at radius 3 is 2.78 bits per heavy atom. The standard InChI is InChI=1S/C14H26N2O2/c1-11-5-3-4-6-13(11)18-10-14(17)15-12-7-8-16(2)9-12/h11-13H,3-10H2,1-2H3,(H,15,17). The van der Waals surface area contributed by atoms with Crippen molar-refractivity contribution < 1.29 is 9.53 Å². The van der Waals surface area contributed by atoms with E-state index < -0.39 is 0 Å². The Labute approximate surface area is 110 Å². The van der Waals surface area contributed by atoms with Crippen molar-refractivity contribution in [2.75, 3.05) is 26.7 Å². The lowest BCUT2D eigenvalue weighted by atomic mass is 9.88. The van der Waals surface area contributed by atoms with Crippen LogP contribution in [0.2, 0.25) is 0 Å². The summed E-state index contributed by atoms with van der Waals surface area (Å²) in [5.41, 5.74) is 0. The molecule has 1 saturated carbocycles. The quantitative estimate of drug-likeness (QED) is 0.824. The molecule has 104 valence electrons. The molecule has 3 unspecified atom stereocenters.